The summed E-state index contributed by atoms with van der Waals surface area (Å²) in [6.45, 7) is 5.86. The van der Waals surface area contributed by atoms with E-state index in [1.54, 1.807) is 11.8 Å². The Kier molecular flexibility index (Phi) is 6.12. The molecule has 0 saturated carbocycles. The fraction of sp³-hybridized carbons (Fsp3) is 0.167. The van der Waals surface area contributed by atoms with Crippen LogP contribution in [0.1, 0.15) is 6.92 Å². The Morgan fingerprint density at radius 1 is 1.08 bits per heavy atom. The number of amides is 1. The third-order valence-electron chi connectivity index (χ3n) is 3.22. The number of rotatable bonds is 7. The van der Waals surface area contributed by atoms with Crippen LogP contribution in [-0.2, 0) is 4.79 Å². The first-order chi connectivity index (χ1) is 12.1. The molecule has 0 spiro atoms. The van der Waals surface area contributed by atoms with Crippen LogP contribution in [0.3, 0.4) is 0 Å². The Balaban J connectivity index is 1.57. The molecule has 0 aliphatic heterocycles. The van der Waals surface area contributed by atoms with Gasteiger partial charge < -0.3 is 5.32 Å². The van der Waals surface area contributed by atoms with Gasteiger partial charge >= 0.3 is 0 Å². The van der Waals surface area contributed by atoms with Crippen molar-refractivity contribution in [3.8, 4) is 0 Å². The van der Waals surface area contributed by atoms with Crippen LogP contribution in [0.2, 0.25) is 0 Å². The molecule has 3 aromatic rings. The normalized spacial score (nSPS) is 10.8. The van der Waals surface area contributed by atoms with Crippen molar-refractivity contribution in [2.24, 2.45) is 0 Å². The topological polar surface area (TPSA) is 54.9 Å². The summed E-state index contributed by atoms with van der Waals surface area (Å²) < 4.78 is 1.71. The average Bonchev–Trinajstić information content (AvgIpc) is 3.06. The van der Waals surface area contributed by atoms with Crippen molar-refractivity contribution < 1.29 is 4.79 Å². The van der Waals surface area contributed by atoms with Crippen molar-refractivity contribution in [1.29, 1.82) is 0 Å². The first kappa shape index (κ1) is 18.0. The van der Waals surface area contributed by atoms with Gasteiger partial charge in [-0.3, -0.25) is 4.79 Å². The number of aromatic nitrogens is 2. The van der Waals surface area contributed by atoms with Gasteiger partial charge in [0, 0.05) is 16.8 Å². The molecule has 0 aliphatic carbocycles. The molecule has 0 atom stereocenters. The zero-order valence-corrected chi connectivity index (χ0v) is 16.1. The van der Waals surface area contributed by atoms with Crippen LogP contribution in [0.25, 0.3) is 10.8 Å². The van der Waals surface area contributed by atoms with Gasteiger partial charge in [-0.15, -0.1) is 10.2 Å². The van der Waals surface area contributed by atoms with Crippen LogP contribution < -0.4 is 5.32 Å². The molecule has 1 aromatic heterocycles. The van der Waals surface area contributed by atoms with Gasteiger partial charge in [0.25, 0.3) is 0 Å². The van der Waals surface area contributed by atoms with Crippen molar-refractivity contribution in [1.82, 2.24) is 10.2 Å². The molecule has 1 heterocycles. The van der Waals surface area contributed by atoms with Crippen LogP contribution in [0.4, 0.5) is 5.69 Å². The summed E-state index contributed by atoms with van der Waals surface area (Å²) in [7, 11) is 0. The van der Waals surface area contributed by atoms with Crippen molar-refractivity contribution in [2.75, 3.05) is 16.8 Å². The first-order valence-electron chi connectivity index (χ1n) is 7.63. The predicted octanol–water partition coefficient (Wildman–Crippen LogP) is 5.09. The molecule has 3 rings (SSSR count). The molecular formula is C18H17N3OS3. The molecule has 0 fully saturated rings. The molecule has 4 nitrogen and oxygen atoms in total. The molecular weight excluding hydrogens is 370 g/mol. The smallest absolute Gasteiger partial charge is 0.234 e. The Bertz CT molecular complexity index is 902. The Labute approximate surface area is 159 Å². The van der Waals surface area contributed by atoms with Crippen LogP contribution in [0.5, 0.6) is 0 Å². The lowest BCUT2D eigenvalue weighted by molar-refractivity contribution is -0.113. The molecule has 7 heteroatoms. The Morgan fingerprint density at radius 3 is 2.52 bits per heavy atom. The monoisotopic (exact) mass is 387 g/mol. The van der Waals surface area contributed by atoms with Crippen molar-refractivity contribution in [3.63, 3.8) is 0 Å². The Morgan fingerprint density at radius 2 is 1.76 bits per heavy atom. The molecule has 128 valence electrons. The number of anilines is 1. The summed E-state index contributed by atoms with van der Waals surface area (Å²) in [5.74, 6) is 1.09. The maximum Gasteiger partial charge on any atom is 0.234 e. The maximum absolute atomic E-state index is 12.3. The molecule has 25 heavy (non-hydrogen) atoms. The number of benzene rings is 2. The number of hydrogen-bond donors (Lipinski definition) is 1. The zero-order valence-electron chi connectivity index (χ0n) is 13.7. The van der Waals surface area contributed by atoms with Crippen LogP contribution in [0, 0.1) is 0 Å². The van der Waals surface area contributed by atoms with Crippen LogP contribution >= 0.6 is 34.9 Å². The molecule has 2 aromatic carbocycles. The highest BCUT2D eigenvalue weighted by Gasteiger charge is 2.10. The SMILES string of the molecule is C=C(C)CSc1nnc(SCC(=O)Nc2cccc3ccccc23)s1. The van der Waals surface area contributed by atoms with Gasteiger partial charge in [-0.1, -0.05) is 83.4 Å². The lowest BCUT2D eigenvalue weighted by Crippen LogP contribution is -2.14. The van der Waals surface area contributed by atoms with E-state index < -0.39 is 0 Å². The van der Waals surface area contributed by atoms with Crippen molar-refractivity contribution >= 4 is 57.2 Å². The van der Waals surface area contributed by atoms with E-state index in [9.17, 15) is 4.79 Å². The number of nitrogens with one attached hydrogen (secondary N) is 1. The third kappa shape index (κ3) is 5.07. The molecule has 0 radical (unpaired) electrons. The number of nitrogens with zero attached hydrogens (tertiary/aromatic N) is 2. The van der Waals surface area contributed by atoms with Crippen molar-refractivity contribution in [2.45, 2.75) is 15.6 Å². The number of thioether (sulfide) groups is 2. The summed E-state index contributed by atoms with van der Waals surface area (Å²) in [4.78, 5) is 12.3. The van der Waals surface area contributed by atoms with Gasteiger partial charge in [-0.05, 0) is 18.4 Å². The highest BCUT2D eigenvalue weighted by molar-refractivity contribution is 8.03. The summed E-state index contributed by atoms with van der Waals surface area (Å²) in [6.07, 6.45) is 0. The first-order valence-corrected chi connectivity index (χ1v) is 10.4. The summed E-state index contributed by atoms with van der Waals surface area (Å²) in [5, 5.41) is 13.4. The Hall–Kier alpha value is -1.83. The van der Waals surface area contributed by atoms with Crippen molar-refractivity contribution in [3.05, 3.63) is 54.6 Å². The zero-order chi connectivity index (χ0) is 17.6. The van der Waals surface area contributed by atoms with E-state index in [4.69, 9.17) is 0 Å². The molecule has 0 aliphatic rings. The number of carbonyl (C=O) groups is 1. The standard InChI is InChI=1S/C18H17N3OS3/c1-12(2)10-23-17-20-21-18(25-17)24-11-16(22)19-15-9-5-7-13-6-3-4-8-14(13)15/h3-9H,1,10-11H2,2H3,(H,19,22). The predicted molar refractivity (Wildman–Crippen MR) is 109 cm³/mol. The minimum atomic E-state index is -0.0484. The van der Waals surface area contributed by atoms with Gasteiger partial charge in [0.1, 0.15) is 0 Å². The van der Waals surface area contributed by atoms with Gasteiger partial charge in [0.2, 0.25) is 5.91 Å². The third-order valence-corrected chi connectivity index (χ3v) is 6.64. The lowest BCUT2D eigenvalue weighted by atomic mass is 10.1. The summed E-state index contributed by atoms with van der Waals surface area (Å²) in [5.41, 5.74) is 1.93. The van der Waals surface area contributed by atoms with E-state index in [1.165, 1.54) is 23.1 Å². The molecule has 0 unspecified atom stereocenters. The summed E-state index contributed by atoms with van der Waals surface area (Å²) in [6, 6.07) is 13.9. The highest BCUT2D eigenvalue weighted by atomic mass is 32.2. The second-order valence-corrected chi connectivity index (χ2v) is 8.87. The van der Waals surface area contributed by atoms with E-state index in [0.29, 0.717) is 5.75 Å². The highest BCUT2D eigenvalue weighted by Crippen LogP contribution is 2.30. The fourth-order valence-electron chi connectivity index (χ4n) is 2.15. The molecule has 0 saturated heterocycles. The quantitative estimate of drug-likeness (QED) is 0.452. The van der Waals surface area contributed by atoms with Gasteiger partial charge in [-0.2, -0.15) is 0 Å². The minimum absolute atomic E-state index is 0.0484. The molecule has 1 amide bonds. The van der Waals surface area contributed by atoms with E-state index in [1.807, 2.05) is 49.4 Å². The largest absolute Gasteiger partial charge is 0.325 e. The average molecular weight is 388 g/mol. The number of hydrogen-bond acceptors (Lipinski definition) is 6. The molecule has 1 N–H and O–H groups in total. The van der Waals surface area contributed by atoms with Crippen LogP contribution in [-0.4, -0.2) is 27.6 Å². The number of fused-ring (bicyclic) bond motifs is 1. The maximum atomic E-state index is 12.3. The molecule has 0 bridgehead atoms. The van der Waals surface area contributed by atoms with E-state index in [2.05, 4.69) is 22.1 Å². The van der Waals surface area contributed by atoms with E-state index in [0.717, 1.165) is 36.5 Å². The second kappa shape index (κ2) is 8.51. The lowest BCUT2D eigenvalue weighted by Gasteiger charge is -2.08. The summed E-state index contributed by atoms with van der Waals surface area (Å²) >= 11 is 4.53. The second-order valence-electron chi connectivity index (χ2n) is 5.44. The fourth-order valence-corrected chi connectivity index (χ4v) is 4.81. The van der Waals surface area contributed by atoms with Gasteiger partial charge in [0.15, 0.2) is 8.68 Å². The van der Waals surface area contributed by atoms with E-state index >= 15 is 0 Å². The number of carbonyl (C=O) groups excluding carboxylic acids is 1. The van der Waals surface area contributed by atoms with Crippen LogP contribution in [0.15, 0.2) is 63.3 Å². The van der Waals surface area contributed by atoms with Gasteiger partial charge in [0.05, 0.1) is 5.75 Å². The van der Waals surface area contributed by atoms with Gasteiger partial charge in [-0.25, -0.2) is 0 Å². The van der Waals surface area contributed by atoms with E-state index in [-0.39, 0.29) is 5.91 Å². The minimum Gasteiger partial charge on any atom is -0.325 e.